The minimum atomic E-state index is -1.02. The third-order valence-electron chi connectivity index (χ3n) is 3.65. The molecular weight excluding hydrogens is 254 g/mol. The zero-order valence-corrected chi connectivity index (χ0v) is 11.4. The van der Waals surface area contributed by atoms with E-state index in [2.05, 4.69) is 30.0 Å². The lowest BCUT2D eigenvalue weighted by atomic mass is 9.94. The Hall–Kier alpha value is -2.23. The molecule has 1 aromatic heterocycles. The quantitative estimate of drug-likeness (QED) is 0.931. The number of para-hydroxylation sites is 1. The number of hydrogen-bond donors (Lipinski definition) is 1. The molecule has 2 heterocycles. The van der Waals surface area contributed by atoms with E-state index < -0.39 is 5.97 Å². The van der Waals surface area contributed by atoms with Crippen molar-refractivity contribution in [1.29, 1.82) is 0 Å². The topological polar surface area (TPSA) is 53.7 Å². The molecule has 4 nitrogen and oxygen atoms in total. The van der Waals surface area contributed by atoms with Gasteiger partial charge in [-0.15, -0.1) is 0 Å². The maximum atomic E-state index is 10.8. The van der Waals surface area contributed by atoms with Crippen LogP contribution in [0, 0.1) is 5.92 Å². The van der Waals surface area contributed by atoms with Crippen LogP contribution in [0.1, 0.15) is 28.8 Å². The van der Waals surface area contributed by atoms with E-state index in [0.717, 1.165) is 13.0 Å². The fraction of sp³-hybridized carbons (Fsp3) is 0.312. The van der Waals surface area contributed by atoms with Crippen LogP contribution in [-0.2, 0) is 13.0 Å². The Balaban J connectivity index is 1.85. The van der Waals surface area contributed by atoms with Gasteiger partial charge in [0.15, 0.2) is 0 Å². The van der Waals surface area contributed by atoms with E-state index in [9.17, 15) is 4.79 Å². The first-order valence-electron chi connectivity index (χ1n) is 6.78. The van der Waals surface area contributed by atoms with Crippen molar-refractivity contribution < 1.29 is 14.3 Å². The van der Waals surface area contributed by atoms with Crippen LogP contribution < -0.4 is 4.90 Å². The smallest absolute Gasteiger partial charge is 0.371 e. The zero-order valence-electron chi connectivity index (χ0n) is 11.4. The molecule has 1 atom stereocenters. The molecule has 1 aliphatic rings. The fourth-order valence-electron chi connectivity index (χ4n) is 2.82. The van der Waals surface area contributed by atoms with Gasteiger partial charge in [-0.2, -0.15) is 0 Å². The summed E-state index contributed by atoms with van der Waals surface area (Å²) in [5.41, 5.74) is 2.56. The number of aromatic carboxylic acids is 1. The minimum Gasteiger partial charge on any atom is -0.475 e. The van der Waals surface area contributed by atoms with Gasteiger partial charge in [0.25, 0.3) is 0 Å². The summed E-state index contributed by atoms with van der Waals surface area (Å²) in [7, 11) is 0. The Morgan fingerprint density at radius 2 is 2.15 bits per heavy atom. The van der Waals surface area contributed by atoms with Crippen molar-refractivity contribution in [2.24, 2.45) is 5.92 Å². The highest BCUT2D eigenvalue weighted by atomic mass is 16.4. The number of nitrogens with zero attached hydrogens (tertiary/aromatic N) is 1. The molecule has 0 amide bonds. The molecule has 0 fully saturated rings. The average molecular weight is 271 g/mol. The Labute approximate surface area is 117 Å². The van der Waals surface area contributed by atoms with Crippen LogP contribution in [0.15, 0.2) is 40.8 Å². The van der Waals surface area contributed by atoms with Gasteiger partial charge < -0.3 is 14.4 Å². The van der Waals surface area contributed by atoms with Crippen molar-refractivity contribution in [3.8, 4) is 0 Å². The van der Waals surface area contributed by atoms with Gasteiger partial charge in [-0.3, -0.25) is 0 Å². The largest absolute Gasteiger partial charge is 0.475 e. The van der Waals surface area contributed by atoms with E-state index >= 15 is 0 Å². The fourth-order valence-corrected chi connectivity index (χ4v) is 2.82. The molecule has 0 saturated heterocycles. The zero-order chi connectivity index (χ0) is 14.1. The number of rotatable bonds is 3. The molecule has 104 valence electrons. The SMILES string of the molecule is CC1Cc2ccccc2N(Cc2ccc(C(=O)O)o2)C1. The molecule has 4 heteroatoms. The van der Waals surface area contributed by atoms with Crippen molar-refractivity contribution in [2.45, 2.75) is 19.9 Å². The van der Waals surface area contributed by atoms with Crippen molar-refractivity contribution in [3.05, 3.63) is 53.5 Å². The number of furan rings is 1. The van der Waals surface area contributed by atoms with Crippen LogP contribution in [0.5, 0.6) is 0 Å². The average Bonchev–Trinajstić information content (AvgIpc) is 2.87. The third-order valence-corrected chi connectivity index (χ3v) is 3.65. The number of carbonyl (C=O) groups is 1. The third kappa shape index (κ3) is 2.41. The van der Waals surface area contributed by atoms with E-state index in [0.29, 0.717) is 18.2 Å². The van der Waals surface area contributed by atoms with Crippen LogP contribution in [0.2, 0.25) is 0 Å². The molecule has 0 radical (unpaired) electrons. The second-order valence-corrected chi connectivity index (χ2v) is 5.39. The van der Waals surface area contributed by atoms with E-state index in [1.807, 2.05) is 6.07 Å². The molecule has 20 heavy (non-hydrogen) atoms. The van der Waals surface area contributed by atoms with Crippen molar-refractivity contribution in [3.63, 3.8) is 0 Å². The summed E-state index contributed by atoms with van der Waals surface area (Å²) >= 11 is 0. The second kappa shape index (κ2) is 5.04. The van der Waals surface area contributed by atoms with Gasteiger partial charge in [0, 0.05) is 12.2 Å². The number of benzene rings is 1. The summed E-state index contributed by atoms with van der Waals surface area (Å²) in [6.45, 7) is 3.79. The van der Waals surface area contributed by atoms with Gasteiger partial charge >= 0.3 is 5.97 Å². The first-order chi connectivity index (χ1) is 9.63. The van der Waals surface area contributed by atoms with E-state index in [1.165, 1.54) is 17.3 Å². The monoisotopic (exact) mass is 271 g/mol. The Morgan fingerprint density at radius 3 is 2.90 bits per heavy atom. The molecule has 0 saturated carbocycles. The molecule has 0 spiro atoms. The maximum Gasteiger partial charge on any atom is 0.371 e. The lowest BCUT2D eigenvalue weighted by Gasteiger charge is -2.34. The molecule has 1 unspecified atom stereocenters. The standard InChI is InChI=1S/C16H17NO3/c1-11-8-12-4-2-3-5-14(12)17(9-11)10-13-6-7-15(20-13)16(18)19/h2-7,11H,8-10H2,1H3,(H,18,19). The van der Waals surface area contributed by atoms with Gasteiger partial charge in [0.1, 0.15) is 5.76 Å². The number of anilines is 1. The van der Waals surface area contributed by atoms with Gasteiger partial charge in [-0.1, -0.05) is 25.1 Å². The number of hydrogen-bond acceptors (Lipinski definition) is 3. The molecule has 0 bridgehead atoms. The normalized spacial score (nSPS) is 17.9. The van der Waals surface area contributed by atoms with Gasteiger partial charge in [-0.25, -0.2) is 4.79 Å². The first-order valence-corrected chi connectivity index (χ1v) is 6.78. The molecule has 0 aliphatic carbocycles. The summed E-state index contributed by atoms with van der Waals surface area (Å²) in [6, 6.07) is 11.6. The molecular formula is C16H17NO3. The predicted molar refractivity (Wildman–Crippen MR) is 76.0 cm³/mol. The lowest BCUT2D eigenvalue weighted by molar-refractivity contribution is 0.0660. The Kier molecular flexibility index (Phi) is 3.22. The van der Waals surface area contributed by atoms with Crippen LogP contribution in [-0.4, -0.2) is 17.6 Å². The molecule has 1 aromatic carbocycles. The molecule has 3 rings (SSSR count). The summed E-state index contributed by atoms with van der Waals surface area (Å²) in [6.07, 6.45) is 1.09. The summed E-state index contributed by atoms with van der Waals surface area (Å²) in [5, 5.41) is 8.90. The second-order valence-electron chi connectivity index (χ2n) is 5.39. The van der Waals surface area contributed by atoms with Crippen molar-refractivity contribution in [2.75, 3.05) is 11.4 Å². The minimum absolute atomic E-state index is 0.00153. The Morgan fingerprint density at radius 1 is 1.35 bits per heavy atom. The van der Waals surface area contributed by atoms with Crippen molar-refractivity contribution in [1.82, 2.24) is 0 Å². The molecule has 2 aromatic rings. The van der Waals surface area contributed by atoms with Crippen LogP contribution in [0.25, 0.3) is 0 Å². The van der Waals surface area contributed by atoms with Gasteiger partial charge in [-0.05, 0) is 36.1 Å². The Bertz CT molecular complexity index is 632. The number of fused-ring (bicyclic) bond motifs is 1. The highest BCUT2D eigenvalue weighted by molar-refractivity contribution is 5.84. The predicted octanol–water partition coefficient (Wildman–Crippen LogP) is 3.18. The number of carboxylic acids is 1. The molecule has 1 N–H and O–H groups in total. The molecule has 1 aliphatic heterocycles. The number of carboxylic acid groups (broad SMARTS) is 1. The summed E-state index contributed by atoms with van der Waals surface area (Å²) in [5.74, 6) is 0.243. The van der Waals surface area contributed by atoms with E-state index in [1.54, 1.807) is 6.07 Å². The maximum absolute atomic E-state index is 10.8. The van der Waals surface area contributed by atoms with E-state index in [4.69, 9.17) is 9.52 Å². The van der Waals surface area contributed by atoms with Crippen LogP contribution >= 0.6 is 0 Å². The first kappa shape index (κ1) is 12.8. The summed E-state index contributed by atoms with van der Waals surface area (Å²) in [4.78, 5) is 13.1. The lowest BCUT2D eigenvalue weighted by Crippen LogP contribution is -2.33. The highest BCUT2D eigenvalue weighted by Crippen LogP contribution is 2.30. The van der Waals surface area contributed by atoms with Crippen LogP contribution in [0.3, 0.4) is 0 Å². The van der Waals surface area contributed by atoms with E-state index in [-0.39, 0.29) is 5.76 Å². The van der Waals surface area contributed by atoms with Gasteiger partial charge in [0.05, 0.1) is 6.54 Å². The summed E-state index contributed by atoms with van der Waals surface area (Å²) < 4.78 is 5.36. The van der Waals surface area contributed by atoms with Crippen LogP contribution in [0.4, 0.5) is 5.69 Å². The van der Waals surface area contributed by atoms with Gasteiger partial charge in [0.2, 0.25) is 5.76 Å². The highest BCUT2D eigenvalue weighted by Gasteiger charge is 2.22. The van der Waals surface area contributed by atoms with Crippen molar-refractivity contribution >= 4 is 11.7 Å².